The van der Waals surface area contributed by atoms with E-state index < -0.39 is 21.5 Å². The number of hydrogen-bond acceptors (Lipinski definition) is 4. The molecule has 1 aliphatic rings. The molecule has 2 aromatic rings. The summed E-state index contributed by atoms with van der Waals surface area (Å²) >= 11 is 0. The molecule has 0 saturated heterocycles. The molecule has 0 bridgehead atoms. The Morgan fingerprint density at radius 1 is 1.09 bits per heavy atom. The minimum Gasteiger partial charge on any atom is -0.481 e. The zero-order chi connectivity index (χ0) is 24.9. The fourth-order valence-electron chi connectivity index (χ4n) is 4.37. The van der Waals surface area contributed by atoms with Gasteiger partial charge in [0.15, 0.2) is 0 Å². The van der Waals surface area contributed by atoms with Crippen molar-refractivity contribution in [3.8, 4) is 0 Å². The third kappa shape index (κ3) is 5.81. The van der Waals surface area contributed by atoms with Crippen molar-refractivity contribution in [1.82, 2.24) is 0 Å². The average molecular weight is 484 g/mol. The van der Waals surface area contributed by atoms with E-state index in [9.17, 15) is 17.8 Å². The smallest absolute Gasteiger partial charge is 0.303 e. The molecule has 0 spiro atoms. The van der Waals surface area contributed by atoms with Gasteiger partial charge in [0.25, 0.3) is 10.1 Å². The topological polar surface area (TPSA) is 121 Å². The van der Waals surface area contributed by atoms with E-state index in [1.807, 2.05) is 62.4 Å². The molecule has 0 aliphatic carbocycles. The van der Waals surface area contributed by atoms with E-state index >= 15 is 0 Å². The minimum absolute atomic E-state index is 0.128. The lowest BCUT2D eigenvalue weighted by atomic mass is 9.80. The van der Waals surface area contributed by atoms with Crippen LogP contribution in [0.25, 0.3) is 6.08 Å². The van der Waals surface area contributed by atoms with Crippen LogP contribution in [0.1, 0.15) is 50.7 Å². The highest BCUT2D eigenvalue weighted by atomic mass is 32.2. The largest absolute Gasteiger partial charge is 0.481 e. The van der Waals surface area contributed by atoms with Gasteiger partial charge in [-0.05, 0) is 50.5 Å². The Kier molecular flexibility index (Phi) is 7.74. The maximum absolute atomic E-state index is 11.8. The molecule has 0 fully saturated rings. The van der Waals surface area contributed by atoms with Gasteiger partial charge in [0.1, 0.15) is 12.2 Å². The van der Waals surface area contributed by atoms with Crippen LogP contribution in [0.3, 0.4) is 0 Å². The molecule has 8 heteroatoms. The normalized spacial score (nSPS) is 15.7. The minimum atomic E-state index is -4.35. The van der Waals surface area contributed by atoms with Crippen LogP contribution in [-0.2, 0) is 20.3 Å². The van der Waals surface area contributed by atoms with Crippen LogP contribution >= 0.6 is 0 Å². The van der Waals surface area contributed by atoms with Crippen molar-refractivity contribution in [2.75, 3.05) is 6.54 Å². The highest BCUT2D eigenvalue weighted by Gasteiger charge is 2.47. The van der Waals surface area contributed by atoms with Crippen LogP contribution in [0.5, 0.6) is 0 Å². The van der Waals surface area contributed by atoms with Crippen molar-refractivity contribution < 1.29 is 27.4 Å². The quantitative estimate of drug-likeness (QED) is 0.198. The second kappa shape index (κ2) is 10.4. The van der Waals surface area contributed by atoms with Crippen LogP contribution < -0.4 is 5.73 Å². The predicted molar refractivity (Wildman–Crippen MR) is 133 cm³/mol. The molecule has 34 heavy (non-hydrogen) atoms. The molecule has 4 N–H and O–H groups in total. The molecule has 0 unspecified atom stereocenters. The van der Waals surface area contributed by atoms with Crippen LogP contribution in [0, 0.1) is 0 Å². The summed E-state index contributed by atoms with van der Waals surface area (Å²) in [6.45, 7) is 4.55. The molecule has 0 amide bonds. The molecule has 180 valence electrons. The van der Waals surface area contributed by atoms with E-state index in [-0.39, 0.29) is 11.3 Å². The number of benzene rings is 2. The van der Waals surface area contributed by atoms with Gasteiger partial charge in [-0.3, -0.25) is 9.35 Å². The van der Waals surface area contributed by atoms with E-state index in [2.05, 4.69) is 4.58 Å². The maximum atomic E-state index is 11.8. The molecule has 1 aliphatic heterocycles. The molecule has 1 heterocycles. The monoisotopic (exact) mass is 483 g/mol. The molecule has 7 nitrogen and oxygen atoms in total. The number of nitrogens with zero attached hydrogens (tertiary/aromatic N) is 1. The van der Waals surface area contributed by atoms with Crippen LogP contribution in [0.4, 0.5) is 5.69 Å². The number of carboxylic acid groups (broad SMARTS) is 1. The van der Waals surface area contributed by atoms with Crippen LogP contribution in [0.15, 0.2) is 71.3 Å². The van der Waals surface area contributed by atoms with E-state index in [1.54, 1.807) is 6.07 Å². The summed E-state index contributed by atoms with van der Waals surface area (Å²) in [5.74, 6) is -0.810. The number of carbonyl (C=O) groups is 1. The second-order valence-electron chi connectivity index (χ2n) is 8.88. The number of nitrogens with two attached hydrogens (primary N) is 1. The number of unbranched alkanes of at least 4 members (excludes halogenated alkanes) is 2. The Morgan fingerprint density at radius 3 is 2.44 bits per heavy atom. The van der Waals surface area contributed by atoms with Crippen molar-refractivity contribution in [2.45, 2.75) is 49.8 Å². The SMILES string of the molecule is CC1(C)C(C(N)=CC=Cc2ccccc2)=[N+](CCCCCC(=O)O)c2ccc(S(=O)(=O)O)cc21. The number of fused-ring (bicyclic) bond motifs is 1. The summed E-state index contributed by atoms with van der Waals surface area (Å²) in [5.41, 5.74) is 9.97. The van der Waals surface area contributed by atoms with Crippen molar-refractivity contribution in [1.29, 1.82) is 0 Å². The Balaban J connectivity index is 1.98. The first-order valence-corrected chi connectivity index (χ1v) is 12.6. The highest BCUT2D eigenvalue weighted by molar-refractivity contribution is 7.85. The fraction of sp³-hybridized carbons (Fsp3) is 0.308. The number of allylic oxidation sites excluding steroid dienone is 3. The van der Waals surface area contributed by atoms with E-state index in [0.29, 0.717) is 18.7 Å². The van der Waals surface area contributed by atoms with Crippen molar-refractivity contribution in [3.05, 3.63) is 77.5 Å². The van der Waals surface area contributed by atoms with Gasteiger partial charge in [0, 0.05) is 24.5 Å². The first-order chi connectivity index (χ1) is 16.0. The molecule has 0 radical (unpaired) electrons. The van der Waals surface area contributed by atoms with E-state index in [4.69, 9.17) is 10.8 Å². The van der Waals surface area contributed by atoms with Gasteiger partial charge in [0.2, 0.25) is 11.4 Å². The zero-order valence-electron chi connectivity index (χ0n) is 19.4. The van der Waals surface area contributed by atoms with Gasteiger partial charge in [-0.25, -0.2) is 0 Å². The Morgan fingerprint density at radius 2 is 1.79 bits per heavy atom. The van der Waals surface area contributed by atoms with Gasteiger partial charge < -0.3 is 10.8 Å². The molecular weight excluding hydrogens is 452 g/mol. The highest BCUT2D eigenvalue weighted by Crippen LogP contribution is 2.42. The number of rotatable bonds is 10. The average Bonchev–Trinajstić information content (AvgIpc) is 2.99. The summed E-state index contributed by atoms with van der Waals surface area (Å²) in [5, 5.41) is 8.88. The van der Waals surface area contributed by atoms with Gasteiger partial charge in [-0.1, -0.05) is 42.5 Å². The summed E-state index contributed by atoms with van der Waals surface area (Å²) < 4.78 is 35.2. The molecule has 0 atom stereocenters. The third-order valence-corrected chi connectivity index (χ3v) is 6.85. The molecule has 2 aromatic carbocycles. The summed E-state index contributed by atoms with van der Waals surface area (Å²) in [6, 6.07) is 14.4. The van der Waals surface area contributed by atoms with Gasteiger partial charge in [0.05, 0.1) is 10.3 Å². The van der Waals surface area contributed by atoms with Gasteiger partial charge >= 0.3 is 5.97 Å². The Hall–Kier alpha value is -3.23. The summed E-state index contributed by atoms with van der Waals surface area (Å²) in [6.07, 6.45) is 7.87. The summed E-state index contributed by atoms with van der Waals surface area (Å²) in [7, 11) is -4.35. The number of aliphatic carboxylic acids is 1. The molecule has 0 aromatic heterocycles. The lowest BCUT2D eigenvalue weighted by Crippen LogP contribution is -2.34. The van der Waals surface area contributed by atoms with Crippen LogP contribution in [0.2, 0.25) is 0 Å². The first kappa shape index (κ1) is 25.4. The van der Waals surface area contributed by atoms with Crippen LogP contribution in [-0.4, -0.2) is 40.9 Å². The second-order valence-corrected chi connectivity index (χ2v) is 10.3. The Bertz CT molecular complexity index is 1260. The van der Waals surface area contributed by atoms with Crippen molar-refractivity contribution in [2.24, 2.45) is 5.73 Å². The van der Waals surface area contributed by atoms with Gasteiger partial charge in [-0.2, -0.15) is 13.0 Å². The van der Waals surface area contributed by atoms with E-state index in [0.717, 1.165) is 35.4 Å². The van der Waals surface area contributed by atoms with Crippen molar-refractivity contribution >= 4 is 33.6 Å². The standard InChI is InChI=1S/C26H30N2O5S/c1-26(2)21-18-20(34(31,32)33)15-16-23(21)28(17-8-4-7-14-24(29)30)25(26)22(27)13-9-12-19-10-5-3-6-11-19/h3,5-6,9-13,15-16,18H,4,7-8,14,17,27H2,1-2H3,(H-,29,30,31,32,33)/p+1. The summed E-state index contributed by atoms with van der Waals surface area (Å²) in [4.78, 5) is 10.7. The Labute approximate surface area is 200 Å². The van der Waals surface area contributed by atoms with E-state index in [1.165, 1.54) is 12.1 Å². The fourth-order valence-corrected chi connectivity index (χ4v) is 4.88. The van der Waals surface area contributed by atoms with Gasteiger partial charge in [-0.15, -0.1) is 0 Å². The predicted octanol–water partition coefficient (Wildman–Crippen LogP) is 4.51. The maximum Gasteiger partial charge on any atom is 0.303 e. The lowest BCUT2D eigenvalue weighted by molar-refractivity contribution is -0.438. The molecule has 3 rings (SSSR count). The number of carboxylic acids is 1. The lowest BCUT2D eigenvalue weighted by Gasteiger charge is -2.18. The first-order valence-electron chi connectivity index (χ1n) is 11.2. The number of hydrogen-bond donors (Lipinski definition) is 3. The molecular formula is C26H31N2O5S+. The van der Waals surface area contributed by atoms with Crippen molar-refractivity contribution in [3.63, 3.8) is 0 Å². The molecule has 0 saturated carbocycles. The third-order valence-electron chi connectivity index (χ3n) is 6.00. The zero-order valence-corrected chi connectivity index (χ0v) is 20.3.